The van der Waals surface area contributed by atoms with Gasteiger partial charge in [-0.25, -0.2) is 4.79 Å². The van der Waals surface area contributed by atoms with E-state index in [-0.39, 0.29) is 22.1 Å². The second kappa shape index (κ2) is 7.17. The van der Waals surface area contributed by atoms with Crippen LogP contribution in [0.15, 0.2) is 27.6 Å². The molecule has 1 fully saturated rings. The molecule has 1 aromatic rings. The molecule has 7 heteroatoms. The smallest absolute Gasteiger partial charge is 0.336 e. The molecule has 0 spiro atoms. The summed E-state index contributed by atoms with van der Waals surface area (Å²) in [5, 5.41) is 9.14. The zero-order valence-corrected chi connectivity index (χ0v) is 13.8. The first-order valence-corrected chi connectivity index (χ1v) is 8.79. The quantitative estimate of drug-likeness (QED) is 0.878. The Morgan fingerprint density at radius 3 is 2.52 bits per heavy atom. The molecule has 0 aromatic heterocycles. The van der Waals surface area contributed by atoms with Crippen LogP contribution in [-0.2, 0) is 15.6 Å². The minimum atomic E-state index is -1.66. The van der Waals surface area contributed by atoms with Gasteiger partial charge in [0.25, 0.3) is 0 Å². The van der Waals surface area contributed by atoms with Crippen molar-refractivity contribution in [2.75, 3.05) is 18.8 Å². The van der Waals surface area contributed by atoms with Crippen LogP contribution in [-0.4, -0.2) is 44.9 Å². The fourth-order valence-corrected chi connectivity index (χ4v) is 4.02. The van der Waals surface area contributed by atoms with Crippen molar-refractivity contribution < 1.29 is 18.9 Å². The summed E-state index contributed by atoms with van der Waals surface area (Å²) in [6.07, 6.45) is 3.05. The molecule has 1 heterocycles. The van der Waals surface area contributed by atoms with Crippen LogP contribution >= 0.6 is 15.9 Å². The van der Waals surface area contributed by atoms with Crippen molar-refractivity contribution in [2.24, 2.45) is 0 Å². The number of likely N-dealkylation sites (tertiary alicyclic amines) is 1. The summed E-state index contributed by atoms with van der Waals surface area (Å²) in [6.45, 7) is 1.39. The SMILES string of the molecule is O=C(O)c1ccc(Br)cc1S(=O)CC(=O)N1CCCCC1. The van der Waals surface area contributed by atoms with Gasteiger partial charge in [0.05, 0.1) is 21.3 Å². The molecule has 1 aromatic carbocycles. The number of carboxylic acids is 1. The summed E-state index contributed by atoms with van der Waals surface area (Å²) in [5.74, 6) is -1.49. The van der Waals surface area contributed by atoms with E-state index in [0.29, 0.717) is 17.6 Å². The standard InChI is InChI=1S/C14H16BrNO4S/c15-10-4-5-11(14(18)19)12(8-10)21(20)9-13(17)16-6-2-1-3-7-16/h4-5,8H,1-3,6-7,9H2,(H,18,19). The van der Waals surface area contributed by atoms with E-state index >= 15 is 0 Å². The van der Waals surface area contributed by atoms with E-state index in [1.165, 1.54) is 12.1 Å². The first-order valence-electron chi connectivity index (χ1n) is 6.68. The van der Waals surface area contributed by atoms with E-state index < -0.39 is 16.8 Å². The van der Waals surface area contributed by atoms with Gasteiger partial charge in [-0.05, 0) is 37.5 Å². The highest BCUT2D eigenvalue weighted by molar-refractivity contribution is 9.10. The van der Waals surface area contributed by atoms with Crippen LogP contribution in [0.5, 0.6) is 0 Å². The Hall–Kier alpha value is -1.21. The molecule has 1 atom stereocenters. The molecule has 1 amide bonds. The Balaban J connectivity index is 2.14. The number of benzene rings is 1. The third-order valence-corrected chi connectivity index (χ3v) is 5.21. The van der Waals surface area contributed by atoms with Crippen molar-refractivity contribution in [3.8, 4) is 0 Å². The van der Waals surface area contributed by atoms with Crippen molar-refractivity contribution in [1.29, 1.82) is 0 Å². The van der Waals surface area contributed by atoms with Gasteiger partial charge in [-0.3, -0.25) is 9.00 Å². The Morgan fingerprint density at radius 1 is 1.24 bits per heavy atom. The lowest BCUT2D eigenvalue weighted by molar-refractivity contribution is -0.129. The van der Waals surface area contributed by atoms with Gasteiger partial charge >= 0.3 is 5.97 Å². The summed E-state index contributed by atoms with van der Waals surface area (Å²) in [7, 11) is -1.66. The molecule has 1 N–H and O–H groups in total. The zero-order chi connectivity index (χ0) is 15.4. The summed E-state index contributed by atoms with van der Waals surface area (Å²) < 4.78 is 13.0. The second-order valence-electron chi connectivity index (χ2n) is 4.88. The van der Waals surface area contributed by atoms with Crippen molar-refractivity contribution in [1.82, 2.24) is 4.90 Å². The molecule has 0 aliphatic carbocycles. The summed E-state index contributed by atoms with van der Waals surface area (Å²) >= 11 is 3.23. The van der Waals surface area contributed by atoms with Gasteiger partial charge in [0.15, 0.2) is 0 Å². The average molecular weight is 374 g/mol. The zero-order valence-electron chi connectivity index (χ0n) is 11.4. The third kappa shape index (κ3) is 4.14. The first kappa shape index (κ1) is 16.2. The normalized spacial score (nSPS) is 16.5. The molecule has 0 saturated carbocycles. The lowest BCUT2D eigenvalue weighted by atomic mass is 10.1. The Bertz CT molecular complexity index is 584. The number of carbonyl (C=O) groups is 2. The molecule has 1 aliphatic heterocycles. The van der Waals surface area contributed by atoms with Gasteiger partial charge in [-0.2, -0.15) is 0 Å². The van der Waals surface area contributed by atoms with Gasteiger partial charge in [0.2, 0.25) is 5.91 Å². The van der Waals surface area contributed by atoms with E-state index in [0.717, 1.165) is 19.3 Å². The second-order valence-corrected chi connectivity index (χ2v) is 7.21. The predicted octanol–water partition coefficient (Wildman–Crippen LogP) is 2.27. The van der Waals surface area contributed by atoms with Crippen LogP contribution in [0.3, 0.4) is 0 Å². The molecule has 21 heavy (non-hydrogen) atoms. The lowest BCUT2D eigenvalue weighted by Crippen LogP contribution is -2.38. The number of amides is 1. The molecule has 1 aliphatic rings. The minimum Gasteiger partial charge on any atom is -0.478 e. The van der Waals surface area contributed by atoms with Gasteiger partial charge in [0, 0.05) is 17.6 Å². The summed E-state index contributed by atoms with van der Waals surface area (Å²) in [4.78, 5) is 25.2. The van der Waals surface area contributed by atoms with Crippen LogP contribution in [0.25, 0.3) is 0 Å². The number of hydrogen-bond acceptors (Lipinski definition) is 3. The summed E-state index contributed by atoms with van der Waals surface area (Å²) in [6, 6.07) is 4.48. The van der Waals surface area contributed by atoms with Gasteiger partial charge < -0.3 is 10.0 Å². The Morgan fingerprint density at radius 2 is 1.90 bits per heavy atom. The van der Waals surface area contributed by atoms with Crippen molar-refractivity contribution in [2.45, 2.75) is 24.2 Å². The molecule has 2 rings (SSSR count). The fraction of sp³-hybridized carbons (Fsp3) is 0.429. The maximum absolute atomic E-state index is 12.4. The highest BCUT2D eigenvalue weighted by Crippen LogP contribution is 2.21. The molecule has 5 nitrogen and oxygen atoms in total. The minimum absolute atomic E-state index is 0.0250. The number of nitrogens with zero attached hydrogens (tertiary/aromatic N) is 1. The molecule has 1 saturated heterocycles. The molecule has 114 valence electrons. The molecule has 0 bridgehead atoms. The average Bonchev–Trinajstić information content (AvgIpc) is 2.47. The molecular weight excluding hydrogens is 358 g/mol. The van der Waals surface area contributed by atoms with E-state index in [9.17, 15) is 13.8 Å². The van der Waals surface area contributed by atoms with Gasteiger partial charge in [0.1, 0.15) is 5.75 Å². The number of hydrogen-bond donors (Lipinski definition) is 1. The lowest BCUT2D eigenvalue weighted by Gasteiger charge is -2.26. The predicted molar refractivity (Wildman–Crippen MR) is 82.8 cm³/mol. The number of aromatic carboxylic acids is 1. The van der Waals surface area contributed by atoms with E-state index in [1.807, 2.05) is 0 Å². The van der Waals surface area contributed by atoms with E-state index in [4.69, 9.17) is 5.11 Å². The number of rotatable bonds is 4. The fourth-order valence-electron chi connectivity index (χ4n) is 2.29. The van der Waals surface area contributed by atoms with Gasteiger partial charge in [-0.15, -0.1) is 0 Å². The van der Waals surface area contributed by atoms with Crippen LogP contribution in [0.2, 0.25) is 0 Å². The van der Waals surface area contributed by atoms with Crippen LogP contribution in [0, 0.1) is 0 Å². The van der Waals surface area contributed by atoms with E-state index in [2.05, 4.69) is 15.9 Å². The third-order valence-electron chi connectivity index (χ3n) is 3.38. The summed E-state index contributed by atoms with van der Waals surface area (Å²) in [5.41, 5.74) is -0.0250. The molecule has 0 radical (unpaired) electrons. The maximum Gasteiger partial charge on any atom is 0.336 e. The van der Waals surface area contributed by atoms with Crippen LogP contribution in [0.4, 0.5) is 0 Å². The number of halogens is 1. The van der Waals surface area contributed by atoms with Crippen molar-refractivity contribution >= 4 is 38.6 Å². The van der Waals surface area contributed by atoms with Gasteiger partial charge in [-0.1, -0.05) is 15.9 Å². The monoisotopic (exact) mass is 373 g/mol. The largest absolute Gasteiger partial charge is 0.478 e. The number of carbonyl (C=O) groups excluding carboxylic acids is 1. The topological polar surface area (TPSA) is 74.7 Å². The number of carboxylic acid groups (broad SMARTS) is 1. The molecule has 1 unspecified atom stereocenters. The van der Waals surface area contributed by atoms with Crippen molar-refractivity contribution in [3.63, 3.8) is 0 Å². The number of piperidine rings is 1. The Labute approximate surface area is 133 Å². The highest BCUT2D eigenvalue weighted by Gasteiger charge is 2.22. The van der Waals surface area contributed by atoms with Crippen LogP contribution in [0.1, 0.15) is 29.6 Å². The van der Waals surface area contributed by atoms with Crippen LogP contribution < -0.4 is 0 Å². The first-order chi connectivity index (χ1) is 9.99. The molecular formula is C14H16BrNO4S. The maximum atomic E-state index is 12.4. The van der Waals surface area contributed by atoms with Crippen molar-refractivity contribution in [3.05, 3.63) is 28.2 Å². The van der Waals surface area contributed by atoms with E-state index in [1.54, 1.807) is 11.0 Å². The Kier molecular flexibility index (Phi) is 5.52. The highest BCUT2D eigenvalue weighted by atomic mass is 79.9.